The molecule has 4 saturated heterocycles. The molecule has 43 nitrogen and oxygen atoms in total. The number of nitrogens with two attached hydrogens (primary N) is 5. The molecule has 2 aromatic heterocycles. The van der Waals surface area contributed by atoms with Crippen molar-refractivity contribution in [3.63, 3.8) is 0 Å². The van der Waals surface area contributed by atoms with E-state index in [1.54, 1.807) is 60.9 Å². The Morgan fingerprint density at radius 2 is 0.977 bits per heavy atom. The molecule has 0 unspecified atom stereocenters. The summed E-state index contributed by atoms with van der Waals surface area (Å²) >= 11 is 0.770. The third kappa shape index (κ3) is 27.6. The highest BCUT2D eigenvalue weighted by Gasteiger charge is 2.47. The number of carbonyl (C=O) groups is 18. The van der Waals surface area contributed by atoms with Gasteiger partial charge in [-0.2, -0.15) is 0 Å². The summed E-state index contributed by atoms with van der Waals surface area (Å²) in [6.07, 6.45) is 0.430. The van der Waals surface area contributed by atoms with Crippen LogP contribution in [0.1, 0.15) is 133 Å². The lowest BCUT2D eigenvalue weighted by atomic mass is 9.97. The number of piperidine rings is 1. The predicted octanol–water partition coefficient (Wildman–Crippen LogP) is -4.53. The fourth-order valence-electron chi connectivity index (χ4n) is 16.7. The number of phenols is 1. The smallest absolute Gasteiger partial charge is 0.303 e. The van der Waals surface area contributed by atoms with Gasteiger partial charge in [-0.15, -0.1) is 11.8 Å². The summed E-state index contributed by atoms with van der Waals surface area (Å²) in [6, 6.07) is -2.34. The summed E-state index contributed by atoms with van der Waals surface area (Å²) in [5.74, 6) is -18.9. The summed E-state index contributed by atoms with van der Waals surface area (Å²) in [5.41, 5.74) is 32.4. The molecule has 0 bridgehead atoms. The van der Waals surface area contributed by atoms with Crippen LogP contribution in [0.5, 0.6) is 5.75 Å². The number of nitrogens with zero attached hydrogens (tertiary/aromatic N) is 5. The van der Waals surface area contributed by atoms with Gasteiger partial charge in [-0.3, -0.25) is 86.3 Å². The second-order valence-electron chi connectivity index (χ2n) is 33.3. The largest absolute Gasteiger partial charge is 0.508 e. The van der Waals surface area contributed by atoms with Gasteiger partial charge in [0.1, 0.15) is 90.3 Å². The number of phenolic OH excluding ortho intramolecular Hbond substituents is 1. The molecule has 17 amide bonds. The number of hydrogen-bond donors (Lipinski definition) is 20. The van der Waals surface area contributed by atoms with Crippen LogP contribution in [0.4, 0.5) is 0 Å². The van der Waals surface area contributed by atoms with Crippen molar-refractivity contribution in [2.75, 3.05) is 71.4 Å². The molecule has 9 rings (SSSR count). The third-order valence-electron chi connectivity index (χ3n) is 23.8. The van der Waals surface area contributed by atoms with Crippen LogP contribution >= 0.6 is 11.8 Å². The van der Waals surface area contributed by atoms with Crippen LogP contribution in [-0.2, 0) is 106 Å². The quantitative estimate of drug-likeness (QED) is 0.0277. The molecule has 44 heteroatoms. The number of aliphatic carboxylic acids is 1. The first-order valence-corrected chi connectivity index (χ1v) is 45.2. The zero-order valence-corrected chi connectivity index (χ0v) is 74.6. The molecular formula is C87H122N22O21S. The van der Waals surface area contributed by atoms with E-state index < -0.39 is 260 Å². The van der Waals surface area contributed by atoms with E-state index in [0.717, 1.165) is 31.4 Å². The second kappa shape index (κ2) is 48.7. The maximum atomic E-state index is 15.7. The van der Waals surface area contributed by atoms with Crippen molar-refractivity contribution >= 4 is 140 Å². The number of carbonyl (C=O) groups excluding carboxylic acids is 17. The van der Waals surface area contributed by atoms with Crippen LogP contribution in [0.3, 0.4) is 0 Å². The number of nitrogens with one attached hydrogen (secondary N) is 12. The topological polar surface area (TPSA) is 666 Å². The Morgan fingerprint density at radius 1 is 0.489 bits per heavy atom. The summed E-state index contributed by atoms with van der Waals surface area (Å²) in [7, 11) is 2.70. The van der Waals surface area contributed by atoms with Crippen LogP contribution in [0.2, 0.25) is 0 Å². The average Bonchev–Trinajstić information content (AvgIpc) is 1.76. The fourth-order valence-corrected chi connectivity index (χ4v) is 17.6. The van der Waals surface area contributed by atoms with Gasteiger partial charge < -0.3 is 132 Å². The maximum absolute atomic E-state index is 15.7. The number of unbranched alkanes of at least 4 members (excludes halogenated alkanes) is 2. The SMILES string of the molecule is CCCC[C@H]1C(=O)N(C)[C@@H](CCCC)C(=O)N[C@@H](CN)C(=O)N[C@H](C(=O)NCC(N)=O)CSCC(=O)N[C@@H](Cc2ccc(O)cc2)C(=O)N2CCCC[C@H]2C(=O)N[C@@H](CC(N)=O)C(=O)N2CCC[C@H]2C(=O)N[C@@H](CN)C(=O)N[C@@H](CCC(=O)O)C(=O)N2C[C@H](O)C[C@H]2C(=O)N[C@@H](Cc2c[nH]c3ccccc23)C(=O)N[C@@H](CCN)C(=O)N[C@@H](Cc2c[nH]c3ccccc23)C(=O)N1C. The zero-order chi connectivity index (χ0) is 95.4. The summed E-state index contributed by atoms with van der Waals surface area (Å²) < 4.78 is 0. The van der Waals surface area contributed by atoms with Crippen molar-refractivity contribution in [1.82, 2.24) is 87.6 Å². The Morgan fingerprint density at radius 3 is 1.56 bits per heavy atom. The Balaban J connectivity index is 1.08. The number of likely N-dealkylation sites (N-methyl/N-ethyl adjacent to an activating group) is 2. The van der Waals surface area contributed by atoms with Crippen LogP contribution in [0, 0.1) is 0 Å². The molecule has 5 aromatic rings. The normalized spacial score (nSPS) is 25.6. The first kappa shape index (κ1) is 102. The number of aromatic amines is 2. The fraction of sp³-hybridized carbons (Fsp3) is 0.540. The van der Waals surface area contributed by atoms with E-state index in [9.17, 15) is 68.1 Å². The first-order valence-electron chi connectivity index (χ1n) is 44.1. The summed E-state index contributed by atoms with van der Waals surface area (Å²) in [6.45, 7) is 0.608. The van der Waals surface area contributed by atoms with Crippen LogP contribution in [-0.4, -0.2) is 318 Å². The summed E-state index contributed by atoms with van der Waals surface area (Å²) in [5, 5.41) is 58.8. The number of aliphatic hydroxyl groups is 1. The molecule has 4 fully saturated rings. The minimum atomic E-state index is -1.83. The molecule has 0 radical (unpaired) electrons. The van der Waals surface area contributed by atoms with Crippen molar-refractivity contribution < 1.29 is 102 Å². The Bertz CT molecular complexity index is 4960. The first-order chi connectivity index (χ1) is 62.6. The van der Waals surface area contributed by atoms with Crippen molar-refractivity contribution in [3.8, 4) is 5.75 Å². The number of rotatable bonds is 24. The molecule has 131 heavy (non-hydrogen) atoms. The standard InChI is InChI=1S/C87H122N22O21S/c1-5-7-20-65-79(122)102-63(40-90)78(121)104-64(74(117)95-43-71(92)113)45-131-46-72(114)96-59(34-47-24-26-50(110)27-25-47)85(128)107-32-14-13-22-66(107)80(123)101-61(38-70(91)112)86(129)108-33-15-23-67(108)81(124)103-62(39-89)77(120)98-57(28-29-73(115)116)84(127)109-44-51(111)37-69(109)82(125)99-58(35-48-41-93-54-18-11-9-16-52(48)54)76(119)97-56(30-31-88)75(118)100-60(36-49-42-94-55-19-12-10-17-53(49)55)83(126)106(4)68(21-8-6-2)87(130)105(65)3/h9-12,16-19,24-27,41-42,51,56-69,93-94,110-111H,5-8,13-15,20-23,28-40,43-46,88-90H2,1-4H3,(H2,91,112)(H2,92,113)(H,95,117)(H,96,114)(H,97,119)(H,98,120)(H,99,125)(H,100,118)(H,101,123)(H,102,122)(H,103,124)(H,104,121)(H,115,116)/t51-,56+,57+,58+,59+,60+,61+,62+,63+,64+,65+,66+,67+,68+,69+/m1/s1. The van der Waals surface area contributed by atoms with Gasteiger partial charge in [0.25, 0.3) is 0 Å². The molecule has 0 saturated carbocycles. The van der Waals surface area contributed by atoms with Crippen molar-refractivity contribution in [3.05, 3.63) is 102 Å². The van der Waals surface area contributed by atoms with E-state index in [2.05, 4.69) is 63.1 Å². The van der Waals surface area contributed by atoms with Gasteiger partial charge in [0.05, 0.1) is 24.8 Å². The van der Waals surface area contributed by atoms with Crippen LogP contribution in [0.15, 0.2) is 85.2 Å². The molecule has 0 aliphatic carbocycles. The minimum absolute atomic E-state index is 0.00733. The van der Waals surface area contributed by atoms with Gasteiger partial charge in [0.2, 0.25) is 100 Å². The number of aromatic nitrogens is 2. The molecule has 3 aromatic carbocycles. The molecule has 6 heterocycles. The van der Waals surface area contributed by atoms with E-state index >= 15 is 33.6 Å². The molecule has 15 atom stereocenters. The Hall–Kier alpha value is -12.8. The van der Waals surface area contributed by atoms with E-state index in [1.807, 2.05) is 13.8 Å². The summed E-state index contributed by atoms with van der Waals surface area (Å²) in [4.78, 5) is 273. The van der Waals surface area contributed by atoms with Gasteiger partial charge in [-0.25, -0.2) is 0 Å². The third-order valence-corrected chi connectivity index (χ3v) is 24.9. The monoisotopic (exact) mass is 1840 g/mol. The number of benzene rings is 3. The van der Waals surface area contributed by atoms with E-state index in [4.69, 9.17) is 28.7 Å². The minimum Gasteiger partial charge on any atom is -0.508 e. The van der Waals surface area contributed by atoms with Gasteiger partial charge in [0, 0.05) is 119 Å². The molecule has 4 aliphatic rings. The number of aromatic hydroxyl groups is 1. The number of hydrogen-bond acceptors (Lipinski definition) is 24. The Labute approximate surface area is 759 Å². The second-order valence-corrected chi connectivity index (χ2v) is 34.3. The lowest BCUT2D eigenvalue weighted by molar-refractivity contribution is -0.149. The molecule has 4 aliphatic heterocycles. The Kier molecular flexibility index (Phi) is 37.9. The number of thioether (sulfide) groups is 1. The number of amides is 17. The van der Waals surface area contributed by atoms with Gasteiger partial charge >= 0.3 is 5.97 Å². The van der Waals surface area contributed by atoms with Gasteiger partial charge in [0.15, 0.2) is 0 Å². The number of fused-ring (bicyclic) bond motifs is 5. The van der Waals surface area contributed by atoms with Crippen molar-refractivity contribution in [1.29, 1.82) is 0 Å². The zero-order valence-electron chi connectivity index (χ0n) is 73.8. The van der Waals surface area contributed by atoms with E-state index in [1.165, 1.54) is 43.3 Å². The lowest BCUT2D eigenvalue weighted by Gasteiger charge is -2.38. The number of carboxylic acid groups (broad SMARTS) is 1. The molecule has 25 N–H and O–H groups in total. The number of para-hydroxylation sites is 2. The molecule has 712 valence electrons. The number of H-pyrrole nitrogens is 2. The highest BCUT2D eigenvalue weighted by atomic mass is 32.2. The number of primary amides is 2. The number of carboxylic acids is 1. The van der Waals surface area contributed by atoms with Crippen LogP contribution < -0.4 is 81.8 Å². The highest BCUT2D eigenvalue weighted by molar-refractivity contribution is 8.00. The highest BCUT2D eigenvalue weighted by Crippen LogP contribution is 2.29. The van der Waals surface area contributed by atoms with Crippen molar-refractivity contribution in [2.24, 2.45) is 28.7 Å². The number of aliphatic hydroxyl groups excluding tert-OH is 1. The average molecular weight is 1840 g/mol. The van der Waals surface area contributed by atoms with E-state index in [-0.39, 0.29) is 83.2 Å². The molecular weight excluding hydrogens is 1720 g/mol. The van der Waals surface area contributed by atoms with E-state index in [0.29, 0.717) is 77.0 Å². The van der Waals surface area contributed by atoms with Gasteiger partial charge in [-0.05, 0) is 105 Å². The van der Waals surface area contributed by atoms with Crippen LogP contribution in [0.25, 0.3) is 21.8 Å². The van der Waals surface area contributed by atoms with Gasteiger partial charge in [-0.1, -0.05) is 88.1 Å². The predicted molar refractivity (Wildman–Crippen MR) is 478 cm³/mol. The van der Waals surface area contributed by atoms with Crippen molar-refractivity contribution in [2.45, 2.75) is 227 Å². The molecule has 0 spiro atoms. The maximum Gasteiger partial charge on any atom is 0.303 e. The lowest BCUT2D eigenvalue weighted by Crippen LogP contribution is -2.62.